The van der Waals surface area contributed by atoms with Crippen LogP contribution in [0.5, 0.6) is 0 Å². The number of carbonyl (C=O) groups excluding carboxylic acids is 1. The predicted molar refractivity (Wildman–Crippen MR) is 129 cm³/mol. The molecular formula is C26H32N6O2. The number of imidazole rings is 1. The van der Waals surface area contributed by atoms with Crippen molar-refractivity contribution in [2.24, 2.45) is 12.5 Å². The van der Waals surface area contributed by atoms with Crippen LogP contribution in [0.3, 0.4) is 0 Å². The molecule has 2 unspecified atom stereocenters. The summed E-state index contributed by atoms with van der Waals surface area (Å²) in [6.45, 7) is 9.93. The first-order valence-electron chi connectivity index (χ1n) is 11.9. The van der Waals surface area contributed by atoms with Crippen molar-refractivity contribution in [3.05, 3.63) is 41.9 Å². The van der Waals surface area contributed by atoms with E-state index in [-0.39, 0.29) is 16.9 Å². The summed E-state index contributed by atoms with van der Waals surface area (Å²) in [7, 11) is 1.88. The summed E-state index contributed by atoms with van der Waals surface area (Å²) in [5.74, 6) is 0.781. The highest BCUT2D eigenvalue weighted by Gasteiger charge is 2.52. The molecular weight excluding hydrogens is 428 g/mol. The minimum Gasteiger partial charge on any atom is -0.441 e. The Bertz CT molecular complexity index is 1310. The number of nitriles is 1. The van der Waals surface area contributed by atoms with E-state index in [2.05, 4.69) is 48.4 Å². The van der Waals surface area contributed by atoms with E-state index in [1.165, 1.54) is 0 Å². The average Bonchev–Trinajstić information content (AvgIpc) is 3.42. The van der Waals surface area contributed by atoms with E-state index in [0.717, 1.165) is 54.8 Å². The Kier molecular flexibility index (Phi) is 5.01. The largest absolute Gasteiger partial charge is 0.441 e. The third kappa shape index (κ3) is 3.83. The standard InChI is InChI=1S/C26H32N6O2/c1-24(2,3)21-12-22(30(5)29-21)32-16-26(34-23(32)33)10-6-9-25(4,14-26)15-31-17-28-19-8-7-18(13-27)11-20(19)31/h7-8,11-12,17H,6,9-10,14-16H2,1-5H3. The number of benzene rings is 1. The Hall–Kier alpha value is -3.34. The third-order valence-corrected chi connectivity index (χ3v) is 7.33. The highest BCUT2D eigenvalue weighted by molar-refractivity contribution is 5.89. The lowest BCUT2D eigenvalue weighted by Crippen LogP contribution is -2.45. The van der Waals surface area contributed by atoms with Crippen molar-refractivity contribution in [2.45, 2.75) is 70.9 Å². The topological polar surface area (TPSA) is 89.0 Å². The lowest BCUT2D eigenvalue weighted by atomic mass is 9.68. The Morgan fingerprint density at radius 3 is 2.74 bits per heavy atom. The van der Waals surface area contributed by atoms with Gasteiger partial charge >= 0.3 is 6.09 Å². The maximum absolute atomic E-state index is 13.0. The van der Waals surface area contributed by atoms with Gasteiger partial charge in [0.2, 0.25) is 0 Å². The van der Waals surface area contributed by atoms with Crippen molar-refractivity contribution in [3.63, 3.8) is 0 Å². The van der Waals surface area contributed by atoms with Crippen molar-refractivity contribution in [2.75, 3.05) is 11.4 Å². The number of hydrogen-bond acceptors (Lipinski definition) is 5. The minimum atomic E-state index is -0.509. The van der Waals surface area contributed by atoms with Gasteiger partial charge < -0.3 is 9.30 Å². The van der Waals surface area contributed by atoms with E-state index in [0.29, 0.717) is 12.1 Å². The van der Waals surface area contributed by atoms with E-state index in [1.807, 2.05) is 31.6 Å². The fraction of sp³-hybridized carbons (Fsp3) is 0.538. The summed E-state index contributed by atoms with van der Waals surface area (Å²) in [5.41, 5.74) is 2.77. The third-order valence-electron chi connectivity index (χ3n) is 7.33. The van der Waals surface area contributed by atoms with Gasteiger partial charge in [0.1, 0.15) is 11.4 Å². The van der Waals surface area contributed by atoms with E-state index < -0.39 is 5.60 Å². The number of anilines is 1. The number of hydrogen-bond donors (Lipinski definition) is 0. The molecule has 3 heterocycles. The molecule has 2 aromatic heterocycles. The van der Waals surface area contributed by atoms with Crippen molar-refractivity contribution >= 4 is 22.9 Å². The van der Waals surface area contributed by atoms with Crippen LogP contribution in [-0.4, -0.2) is 37.6 Å². The molecule has 0 N–H and O–H groups in total. The van der Waals surface area contributed by atoms with Gasteiger partial charge in [0.15, 0.2) is 0 Å². The second-order valence-corrected chi connectivity index (χ2v) is 11.4. The molecule has 1 aliphatic carbocycles. The summed E-state index contributed by atoms with van der Waals surface area (Å²) >= 11 is 0. The second-order valence-electron chi connectivity index (χ2n) is 11.4. The summed E-state index contributed by atoms with van der Waals surface area (Å²) in [6.07, 6.45) is 5.24. The molecule has 2 aliphatic rings. The molecule has 8 heteroatoms. The van der Waals surface area contributed by atoms with Crippen LogP contribution in [0.15, 0.2) is 30.6 Å². The molecule has 34 heavy (non-hydrogen) atoms. The number of fused-ring (bicyclic) bond motifs is 1. The zero-order valence-electron chi connectivity index (χ0n) is 20.6. The summed E-state index contributed by atoms with van der Waals surface area (Å²) in [4.78, 5) is 19.3. The average molecular weight is 461 g/mol. The molecule has 5 rings (SSSR count). The molecule has 1 saturated carbocycles. The molecule has 0 bridgehead atoms. The number of nitrogens with zero attached hydrogens (tertiary/aromatic N) is 6. The summed E-state index contributed by atoms with van der Waals surface area (Å²) in [6, 6.07) is 9.82. The molecule has 0 radical (unpaired) electrons. The highest BCUT2D eigenvalue weighted by atomic mass is 16.6. The van der Waals surface area contributed by atoms with Gasteiger partial charge in [-0.05, 0) is 49.3 Å². The molecule has 8 nitrogen and oxygen atoms in total. The van der Waals surface area contributed by atoms with Gasteiger partial charge in [-0.25, -0.2) is 9.78 Å². The van der Waals surface area contributed by atoms with Crippen molar-refractivity contribution in [3.8, 4) is 6.07 Å². The zero-order chi connectivity index (χ0) is 24.3. The lowest BCUT2D eigenvalue weighted by Gasteiger charge is -2.43. The van der Waals surface area contributed by atoms with Gasteiger partial charge in [-0.1, -0.05) is 27.7 Å². The maximum atomic E-state index is 13.0. The van der Waals surface area contributed by atoms with Crippen LogP contribution in [0.25, 0.3) is 11.0 Å². The zero-order valence-corrected chi connectivity index (χ0v) is 20.6. The number of aromatic nitrogens is 4. The molecule has 3 aromatic rings. The normalized spacial score (nSPS) is 25.2. The van der Waals surface area contributed by atoms with Crippen LogP contribution in [-0.2, 0) is 23.7 Å². The molecule has 2 atom stereocenters. The minimum absolute atomic E-state index is 0.0617. The molecule has 1 saturated heterocycles. The Balaban J connectivity index is 1.39. The quantitative estimate of drug-likeness (QED) is 0.554. The van der Waals surface area contributed by atoms with Crippen LogP contribution in [0.1, 0.15) is 64.6 Å². The number of carbonyl (C=O) groups is 1. The Morgan fingerprint density at radius 1 is 1.24 bits per heavy atom. The fourth-order valence-corrected chi connectivity index (χ4v) is 5.69. The molecule has 2 fully saturated rings. The van der Waals surface area contributed by atoms with Gasteiger partial charge in [-0.15, -0.1) is 0 Å². The fourth-order valence-electron chi connectivity index (χ4n) is 5.69. The van der Waals surface area contributed by atoms with Crippen LogP contribution in [0.4, 0.5) is 10.6 Å². The first kappa shape index (κ1) is 22.5. The van der Waals surface area contributed by atoms with Crippen LogP contribution < -0.4 is 4.90 Å². The first-order valence-corrected chi connectivity index (χ1v) is 11.9. The van der Waals surface area contributed by atoms with Crippen molar-refractivity contribution < 1.29 is 9.53 Å². The Labute approximate surface area is 200 Å². The number of ether oxygens (including phenoxy) is 1. The van der Waals surface area contributed by atoms with Crippen LogP contribution in [0.2, 0.25) is 0 Å². The van der Waals surface area contributed by atoms with Gasteiger partial charge in [0, 0.05) is 25.1 Å². The van der Waals surface area contributed by atoms with Crippen molar-refractivity contribution in [1.29, 1.82) is 5.26 Å². The smallest absolute Gasteiger partial charge is 0.416 e. The molecule has 178 valence electrons. The molecule has 1 amide bonds. The van der Waals surface area contributed by atoms with E-state index in [9.17, 15) is 10.1 Å². The number of rotatable bonds is 3. The number of aryl methyl sites for hydroxylation is 1. The molecule has 1 aromatic carbocycles. The van der Waals surface area contributed by atoms with Gasteiger partial charge in [0.25, 0.3) is 0 Å². The molecule has 1 spiro atoms. The summed E-state index contributed by atoms with van der Waals surface area (Å²) < 4.78 is 10.0. The maximum Gasteiger partial charge on any atom is 0.416 e. The van der Waals surface area contributed by atoms with Crippen LogP contribution in [0, 0.1) is 16.7 Å². The lowest BCUT2D eigenvalue weighted by molar-refractivity contribution is -0.0264. The van der Waals surface area contributed by atoms with E-state index in [1.54, 1.807) is 15.6 Å². The number of amides is 1. The Morgan fingerprint density at radius 2 is 2.03 bits per heavy atom. The highest BCUT2D eigenvalue weighted by Crippen LogP contribution is 2.48. The van der Waals surface area contributed by atoms with Crippen LogP contribution >= 0.6 is 0 Å². The van der Waals surface area contributed by atoms with E-state index >= 15 is 0 Å². The van der Waals surface area contributed by atoms with Gasteiger partial charge in [0.05, 0.1) is 41.2 Å². The monoisotopic (exact) mass is 460 g/mol. The summed E-state index contributed by atoms with van der Waals surface area (Å²) in [5, 5.41) is 14.0. The molecule has 1 aliphatic heterocycles. The SMILES string of the molecule is Cn1nc(C(C)(C)C)cc1N1CC2(CCCC(C)(Cn3cnc4ccc(C#N)cc43)C2)OC1=O. The predicted octanol–water partition coefficient (Wildman–Crippen LogP) is 4.91. The van der Waals surface area contributed by atoms with Crippen molar-refractivity contribution in [1.82, 2.24) is 19.3 Å². The second kappa shape index (κ2) is 7.59. The van der Waals surface area contributed by atoms with Gasteiger partial charge in [-0.3, -0.25) is 9.58 Å². The van der Waals surface area contributed by atoms with Gasteiger partial charge in [-0.2, -0.15) is 10.4 Å². The first-order chi connectivity index (χ1) is 16.0. The van der Waals surface area contributed by atoms with E-state index in [4.69, 9.17) is 4.74 Å².